The molecule has 0 spiro atoms. The van der Waals surface area contributed by atoms with E-state index < -0.39 is 0 Å². The SMILES string of the molecule is CC(c1ccccc1)c1ccccc1.NCc1ccccc1. The Bertz CT molecular complexity index is 593. The summed E-state index contributed by atoms with van der Waals surface area (Å²) in [7, 11) is 0. The number of nitrogens with two attached hydrogens (primary N) is 1. The van der Waals surface area contributed by atoms with Crippen LogP contribution in [0.25, 0.3) is 0 Å². The predicted molar refractivity (Wildman–Crippen MR) is 94.7 cm³/mol. The highest BCUT2D eigenvalue weighted by atomic mass is 14.5. The monoisotopic (exact) mass is 289 g/mol. The number of rotatable bonds is 3. The smallest absolute Gasteiger partial charge is 0.0178 e. The first-order valence-electron chi connectivity index (χ1n) is 7.65. The van der Waals surface area contributed by atoms with Gasteiger partial charge in [0.2, 0.25) is 0 Å². The fourth-order valence-electron chi connectivity index (χ4n) is 2.29. The minimum Gasteiger partial charge on any atom is -0.326 e. The lowest BCUT2D eigenvalue weighted by Gasteiger charge is -2.11. The summed E-state index contributed by atoms with van der Waals surface area (Å²) in [6, 6.07) is 31.2. The van der Waals surface area contributed by atoms with Crippen molar-refractivity contribution in [2.45, 2.75) is 19.4 Å². The summed E-state index contributed by atoms with van der Waals surface area (Å²) in [6.07, 6.45) is 0. The number of benzene rings is 3. The molecule has 0 bridgehead atoms. The molecular weight excluding hydrogens is 266 g/mol. The van der Waals surface area contributed by atoms with Gasteiger partial charge in [0.25, 0.3) is 0 Å². The molecule has 22 heavy (non-hydrogen) atoms. The summed E-state index contributed by atoms with van der Waals surface area (Å²) in [6.45, 7) is 2.88. The third-order valence-electron chi connectivity index (χ3n) is 3.68. The maximum absolute atomic E-state index is 5.35. The molecule has 1 heteroatoms. The average molecular weight is 289 g/mol. The third kappa shape index (κ3) is 4.87. The van der Waals surface area contributed by atoms with Gasteiger partial charge in [0.1, 0.15) is 0 Å². The fraction of sp³-hybridized carbons (Fsp3) is 0.143. The minimum absolute atomic E-state index is 0.484. The summed E-state index contributed by atoms with van der Waals surface area (Å²) in [4.78, 5) is 0. The van der Waals surface area contributed by atoms with Crippen molar-refractivity contribution in [1.29, 1.82) is 0 Å². The zero-order chi connectivity index (χ0) is 15.6. The van der Waals surface area contributed by atoms with E-state index in [4.69, 9.17) is 5.73 Å². The van der Waals surface area contributed by atoms with E-state index in [9.17, 15) is 0 Å². The van der Waals surface area contributed by atoms with Crippen LogP contribution in [0.3, 0.4) is 0 Å². The van der Waals surface area contributed by atoms with Crippen molar-refractivity contribution >= 4 is 0 Å². The van der Waals surface area contributed by atoms with Gasteiger partial charge in [-0.1, -0.05) is 97.9 Å². The predicted octanol–water partition coefficient (Wildman–Crippen LogP) is 4.98. The quantitative estimate of drug-likeness (QED) is 0.722. The Morgan fingerprint density at radius 2 is 1.00 bits per heavy atom. The van der Waals surface area contributed by atoms with Crippen LogP contribution in [0.5, 0.6) is 0 Å². The molecule has 0 amide bonds. The van der Waals surface area contributed by atoms with Gasteiger partial charge in [0, 0.05) is 12.5 Å². The van der Waals surface area contributed by atoms with Gasteiger partial charge < -0.3 is 5.73 Å². The number of hydrogen-bond donors (Lipinski definition) is 1. The summed E-state index contributed by atoms with van der Waals surface area (Å²) in [5.41, 5.74) is 9.28. The second kappa shape index (κ2) is 8.81. The Morgan fingerprint density at radius 1 is 0.636 bits per heavy atom. The van der Waals surface area contributed by atoms with Gasteiger partial charge >= 0.3 is 0 Å². The second-order valence-electron chi connectivity index (χ2n) is 5.23. The molecule has 0 aliphatic heterocycles. The Balaban J connectivity index is 0.000000188. The zero-order valence-corrected chi connectivity index (χ0v) is 13.0. The highest BCUT2D eigenvalue weighted by Crippen LogP contribution is 2.22. The molecule has 0 saturated carbocycles. The van der Waals surface area contributed by atoms with Crippen molar-refractivity contribution in [1.82, 2.24) is 0 Å². The van der Waals surface area contributed by atoms with Crippen LogP contribution in [0.15, 0.2) is 91.0 Å². The van der Waals surface area contributed by atoms with Gasteiger partial charge in [-0.2, -0.15) is 0 Å². The van der Waals surface area contributed by atoms with Crippen LogP contribution in [-0.2, 0) is 6.54 Å². The summed E-state index contributed by atoms with van der Waals surface area (Å²) < 4.78 is 0. The highest BCUT2D eigenvalue weighted by Gasteiger charge is 2.05. The van der Waals surface area contributed by atoms with Gasteiger partial charge in [-0.05, 0) is 16.7 Å². The van der Waals surface area contributed by atoms with Crippen LogP contribution in [0, 0.1) is 0 Å². The lowest BCUT2D eigenvalue weighted by Crippen LogP contribution is -1.94. The van der Waals surface area contributed by atoms with Crippen LogP contribution in [0.4, 0.5) is 0 Å². The van der Waals surface area contributed by atoms with Crippen molar-refractivity contribution in [2.75, 3.05) is 0 Å². The lowest BCUT2D eigenvalue weighted by atomic mass is 9.93. The van der Waals surface area contributed by atoms with E-state index in [1.165, 1.54) is 16.7 Å². The minimum atomic E-state index is 0.484. The summed E-state index contributed by atoms with van der Waals surface area (Å²) >= 11 is 0. The lowest BCUT2D eigenvalue weighted by molar-refractivity contribution is 0.922. The van der Waals surface area contributed by atoms with E-state index >= 15 is 0 Å². The van der Waals surface area contributed by atoms with E-state index in [2.05, 4.69) is 67.6 Å². The van der Waals surface area contributed by atoms with Crippen LogP contribution in [0.1, 0.15) is 29.5 Å². The summed E-state index contributed by atoms with van der Waals surface area (Å²) in [5, 5.41) is 0. The van der Waals surface area contributed by atoms with Crippen molar-refractivity contribution in [3.63, 3.8) is 0 Å². The van der Waals surface area contributed by atoms with E-state index in [1.54, 1.807) is 0 Å². The molecule has 112 valence electrons. The van der Waals surface area contributed by atoms with E-state index in [-0.39, 0.29) is 0 Å². The molecular formula is C21H23N. The molecule has 0 aliphatic rings. The maximum atomic E-state index is 5.35. The zero-order valence-electron chi connectivity index (χ0n) is 13.0. The molecule has 2 N–H and O–H groups in total. The van der Waals surface area contributed by atoms with Gasteiger partial charge in [-0.3, -0.25) is 0 Å². The average Bonchev–Trinajstić information content (AvgIpc) is 2.64. The molecule has 0 atom stereocenters. The standard InChI is InChI=1S/C14H14.C7H9N/c1-12(13-8-4-2-5-9-13)14-10-6-3-7-11-14;8-6-7-4-2-1-3-5-7/h2-12H,1H3;1-5H,6,8H2. The van der Waals surface area contributed by atoms with Crippen LogP contribution in [0.2, 0.25) is 0 Å². The first-order chi connectivity index (χ1) is 10.8. The Kier molecular flexibility index (Phi) is 6.40. The number of hydrogen-bond acceptors (Lipinski definition) is 1. The van der Waals surface area contributed by atoms with Gasteiger partial charge in [-0.25, -0.2) is 0 Å². The molecule has 3 aromatic carbocycles. The third-order valence-corrected chi connectivity index (χ3v) is 3.68. The molecule has 0 saturated heterocycles. The van der Waals surface area contributed by atoms with Crippen LogP contribution in [-0.4, -0.2) is 0 Å². The van der Waals surface area contributed by atoms with Crippen molar-refractivity contribution in [3.8, 4) is 0 Å². The molecule has 1 nitrogen and oxygen atoms in total. The highest BCUT2D eigenvalue weighted by molar-refractivity contribution is 5.31. The van der Waals surface area contributed by atoms with Crippen molar-refractivity contribution < 1.29 is 0 Å². The molecule has 0 fully saturated rings. The largest absolute Gasteiger partial charge is 0.326 e. The molecule has 0 aliphatic carbocycles. The Labute approximate surface area is 133 Å². The Hall–Kier alpha value is -2.38. The van der Waals surface area contributed by atoms with Gasteiger partial charge in [0.05, 0.1) is 0 Å². The topological polar surface area (TPSA) is 26.0 Å². The summed E-state index contributed by atoms with van der Waals surface area (Å²) in [5.74, 6) is 0.484. The van der Waals surface area contributed by atoms with Crippen molar-refractivity contribution in [2.24, 2.45) is 5.73 Å². The van der Waals surface area contributed by atoms with Crippen LogP contribution >= 0.6 is 0 Å². The fourth-order valence-corrected chi connectivity index (χ4v) is 2.29. The van der Waals surface area contributed by atoms with E-state index in [0.29, 0.717) is 12.5 Å². The van der Waals surface area contributed by atoms with E-state index in [1.807, 2.05) is 30.3 Å². The maximum Gasteiger partial charge on any atom is 0.0178 e. The first kappa shape index (κ1) is 16.0. The molecule has 0 radical (unpaired) electrons. The Morgan fingerprint density at radius 3 is 1.32 bits per heavy atom. The first-order valence-corrected chi connectivity index (χ1v) is 7.65. The van der Waals surface area contributed by atoms with Crippen LogP contribution < -0.4 is 5.73 Å². The molecule has 0 unspecified atom stereocenters. The molecule has 0 aromatic heterocycles. The molecule has 3 aromatic rings. The van der Waals surface area contributed by atoms with E-state index in [0.717, 1.165) is 0 Å². The molecule has 3 rings (SSSR count). The van der Waals surface area contributed by atoms with Gasteiger partial charge in [-0.15, -0.1) is 0 Å². The normalized spacial score (nSPS) is 9.95. The van der Waals surface area contributed by atoms with Gasteiger partial charge in [0.15, 0.2) is 0 Å². The second-order valence-corrected chi connectivity index (χ2v) is 5.23. The molecule has 0 heterocycles. The van der Waals surface area contributed by atoms with Crippen molar-refractivity contribution in [3.05, 3.63) is 108 Å².